The second kappa shape index (κ2) is 9.65. The summed E-state index contributed by atoms with van der Waals surface area (Å²) in [6, 6.07) is 9.53. The van der Waals surface area contributed by atoms with Crippen molar-refractivity contribution in [3.05, 3.63) is 65.1 Å². The summed E-state index contributed by atoms with van der Waals surface area (Å²) in [5.41, 5.74) is 7.14. The van der Waals surface area contributed by atoms with E-state index in [0.717, 1.165) is 11.3 Å². The van der Waals surface area contributed by atoms with E-state index in [-0.39, 0.29) is 30.0 Å². The first kappa shape index (κ1) is 22.8. The quantitative estimate of drug-likeness (QED) is 0.401. The van der Waals surface area contributed by atoms with Crippen LogP contribution >= 0.6 is 11.3 Å². The standard InChI is InChI=1S/C23H23FN4O4S/c1-12(9-29)13-2-4-16(18(24)6-13)19-7-17(21(25)30)23(33-19)28-20-5-3-14(8-26-20)22(31)27-15-10-32-11-15/h2-8,12,15,29H,9-11H2,1H3,(H2,25,30)(H,26,28)(H,27,31). The molecule has 10 heteroatoms. The van der Waals surface area contributed by atoms with Gasteiger partial charge in [0.1, 0.15) is 16.6 Å². The fraction of sp³-hybridized carbons (Fsp3) is 0.261. The summed E-state index contributed by atoms with van der Waals surface area (Å²) in [6.45, 7) is 2.72. The Bertz CT molecular complexity index is 1180. The molecule has 3 heterocycles. The second-order valence-electron chi connectivity index (χ2n) is 7.81. The number of rotatable bonds is 8. The highest BCUT2D eigenvalue weighted by atomic mass is 32.1. The minimum atomic E-state index is -0.662. The molecule has 172 valence electrons. The molecule has 0 spiro atoms. The van der Waals surface area contributed by atoms with Crippen molar-refractivity contribution in [3.63, 3.8) is 0 Å². The lowest BCUT2D eigenvalue weighted by Crippen LogP contribution is -2.48. The van der Waals surface area contributed by atoms with Crippen LogP contribution in [-0.2, 0) is 4.74 Å². The molecular formula is C23H23FN4O4S. The maximum Gasteiger partial charge on any atom is 0.253 e. The van der Waals surface area contributed by atoms with E-state index in [1.54, 1.807) is 31.2 Å². The molecular weight excluding hydrogens is 447 g/mol. The van der Waals surface area contributed by atoms with E-state index in [1.807, 2.05) is 0 Å². The summed E-state index contributed by atoms with van der Waals surface area (Å²) in [5.74, 6) is -1.14. The number of thiophene rings is 1. The number of ether oxygens (including phenoxy) is 1. The maximum absolute atomic E-state index is 14.8. The van der Waals surface area contributed by atoms with Gasteiger partial charge in [0.15, 0.2) is 0 Å². The van der Waals surface area contributed by atoms with E-state index in [2.05, 4.69) is 15.6 Å². The van der Waals surface area contributed by atoms with E-state index < -0.39 is 11.7 Å². The van der Waals surface area contributed by atoms with Crippen molar-refractivity contribution in [1.29, 1.82) is 0 Å². The van der Waals surface area contributed by atoms with Crippen LogP contribution in [0, 0.1) is 5.82 Å². The fourth-order valence-electron chi connectivity index (χ4n) is 3.25. The lowest BCUT2D eigenvalue weighted by Gasteiger charge is -2.26. The number of carbonyl (C=O) groups excluding carboxylic acids is 2. The van der Waals surface area contributed by atoms with E-state index >= 15 is 0 Å². The molecule has 3 aromatic rings. The fourth-order valence-corrected chi connectivity index (χ4v) is 4.35. The van der Waals surface area contributed by atoms with Crippen LogP contribution in [0.5, 0.6) is 0 Å². The highest BCUT2D eigenvalue weighted by Crippen LogP contribution is 2.38. The summed E-state index contributed by atoms with van der Waals surface area (Å²) in [4.78, 5) is 28.9. The van der Waals surface area contributed by atoms with Crippen LogP contribution in [0.15, 0.2) is 42.6 Å². The van der Waals surface area contributed by atoms with Crippen molar-refractivity contribution in [3.8, 4) is 10.4 Å². The number of aliphatic hydroxyl groups is 1. The molecule has 1 aliphatic rings. The van der Waals surface area contributed by atoms with Crippen molar-refractivity contribution in [2.75, 3.05) is 25.1 Å². The number of anilines is 2. The Kier molecular flexibility index (Phi) is 6.68. The number of aromatic nitrogens is 1. The van der Waals surface area contributed by atoms with Crippen molar-refractivity contribution in [1.82, 2.24) is 10.3 Å². The molecule has 5 N–H and O–H groups in total. The molecule has 0 radical (unpaired) electrons. The van der Waals surface area contributed by atoms with Gasteiger partial charge in [-0.3, -0.25) is 9.59 Å². The first-order valence-corrected chi connectivity index (χ1v) is 11.1. The van der Waals surface area contributed by atoms with Crippen molar-refractivity contribution in [2.45, 2.75) is 18.9 Å². The molecule has 2 amide bonds. The van der Waals surface area contributed by atoms with Gasteiger partial charge >= 0.3 is 0 Å². The average molecular weight is 471 g/mol. The number of nitrogens with one attached hydrogen (secondary N) is 2. The first-order chi connectivity index (χ1) is 15.9. The van der Waals surface area contributed by atoms with Gasteiger partial charge in [-0.05, 0) is 29.8 Å². The molecule has 1 aromatic carbocycles. The number of halogens is 1. The summed E-state index contributed by atoms with van der Waals surface area (Å²) in [5, 5.41) is 15.6. The number of carbonyl (C=O) groups is 2. The molecule has 1 fully saturated rings. The molecule has 1 aliphatic heterocycles. The van der Waals surface area contributed by atoms with Crippen molar-refractivity contribution < 1.29 is 23.8 Å². The van der Waals surface area contributed by atoms with Gasteiger partial charge in [0.25, 0.3) is 11.8 Å². The average Bonchev–Trinajstić information content (AvgIpc) is 3.19. The number of nitrogens with two attached hydrogens (primary N) is 1. The molecule has 1 unspecified atom stereocenters. The number of pyridine rings is 1. The van der Waals surface area contributed by atoms with E-state index in [4.69, 9.17) is 10.5 Å². The molecule has 0 aliphatic carbocycles. The summed E-state index contributed by atoms with van der Waals surface area (Å²) >= 11 is 1.16. The molecule has 2 aromatic heterocycles. The van der Waals surface area contributed by atoms with Gasteiger partial charge in [-0.25, -0.2) is 9.37 Å². The Balaban J connectivity index is 1.55. The molecule has 0 saturated carbocycles. The van der Waals surface area contributed by atoms with Crippen LogP contribution in [0.1, 0.15) is 39.1 Å². The van der Waals surface area contributed by atoms with Crippen LogP contribution in [0.2, 0.25) is 0 Å². The lowest BCUT2D eigenvalue weighted by atomic mass is 9.99. The van der Waals surface area contributed by atoms with E-state index in [9.17, 15) is 19.1 Å². The molecule has 0 bridgehead atoms. The highest BCUT2D eigenvalue weighted by Gasteiger charge is 2.22. The number of aliphatic hydroxyl groups excluding tert-OH is 1. The number of hydrogen-bond donors (Lipinski definition) is 4. The number of primary amides is 1. The lowest BCUT2D eigenvalue weighted by molar-refractivity contribution is -0.00346. The monoisotopic (exact) mass is 470 g/mol. The smallest absolute Gasteiger partial charge is 0.253 e. The third kappa shape index (κ3) is 5.03. The molecule has 1 atom stereocenters. The van der Waals surface area contributed by atoms with Crippen LogP contribution in [0.25, 0.3) is 10.4 Å². The molecule has 8 nitrogen and oxygen atoms in total. The predicted molar refractivity (Wildman–Crippen MR) is 123 cm³/mol. The third-order valence-corrected chi connectivity index (χ3v) is 6.42. The molecule has 33 heavy (non-hydrogen) atoms. The topological polar surface area (TPSA) is 127 Å². The minimum absolute atomic E-state index is 0.0132. The van der Waals surface area contributed by atoms with Crippen molar-refractivity contribution >= 4 is 34.0 Å². The predicted octanol–water partition coefficient (Wildman–Crippen LogP) is 3.02. The largest absolute Gasteiger partial charge is 0.396 e. The van der Waals surface area contributed by atoms with Crippen LogP contribution in [0.4, 0.5) is 15.2 Å². The van der Waals surface area contributed by atoms with Gasteiger partial charge in [-0.1, -0.05) is 19.1 Å². The Hall–Kier alpha value is -3.34. The van der Waals surface area contributed by atoms with E-state index in [1.165, 1.54) is 18.3 Å². The number of benzene rings is 1. The Labute approximate surface area is 193 Å². The number of amides is 2. The number of hydrogen-bond acceptors (Lipinski definition) is 7. The zero-order valence-corrected chi connectivity index (χ0v) is 18.6. The van der Waals surface area contributed by atoms with Gasteiger partial charge in [0, 0.05) is 29.2 Å². The normalized spacial score (nSPS) is 14.4. The summed E-state index contributed by atoms with van der Waals surface area (Å²) < 4.78 is 19.8. The van der Waals surface area contributed by atoms with Gasteiger partial charge in [0.05, 0.1) is 30.4 Å². The Morgan fingerprint density at radius 2 is 2.09 bits per heavy atom. The van der Waals surface area contributed by atoms with Crippen LogP contribution in [0.3, 0.4) is 0 Å². The maximum atomic E-state index is 14.8. The summed E-state index contributed by atoms with van der Waals surface area (Å²) in [7, 11) is 0. The van der Waals surface area contributed by atoms with Gasteiger partial charge in [0.2, 0.25) is 0 Å². The SMILES string of the molecule is CC(CO)c1ccc(-c2cc(C(N)=O)c(Nc3ccc(C(=O)NC4COC4)cn3)s2)c(F)c1. The first-order valence-electron chi connectivity index (χ1n) is 10.3. The van der Waals surface area contributed by atoms with Gasteiger partial charge < -0.3 is 26.2 Å². The van der Waals surface area contributed by atoms with Crippen LogP contribution in [-0.4, -0.2) is 47.8 Å². The van der Waals surface area contributed by atoms with Crippen molar-refractivity contribution in [2.24, 2.45) is 5.73 Å². The Morgan fingerprint density at radius 3 is 2.67 bits per heavy atom. The zero-order valence-electron chi connectivity index (χ0n) is 17.8. The van der Waals surface area contributed by atoms with Gasteiger partial charge in [-0.15, -0.1) is 11.3 Å². The van der Waals surface area contributed by atoms with Crippen LogP contribution < -0.4 is 16.4 Å². The second-order valence-corrected chi connectivity index (χ2v) is 8.86. The minimum Gasteiger partial charge on any atom is -0.396 e. The summed E-state index contributed by atoms with van der Waals surface area (Å²) in [6.07, 6.45) is 1.43. The Morgan fingerprint density at radius 1 is 1.30 bits per heavy atom. The van der Waals surface area contributed by atoms with Gasteiger partial charge in [-0.2, -0.15) is 0 Å². The third-order valence-electron chi connectivity index (χ3n) is 5.34. The number of nitrogens with zero attached hydrogens (tertiary/aromatic N) is 1. The highest BCUT2D eigenvalue weighted by molar-refractivity contribution is 7.19. The molecule has 1 saturated heterocycles. The zero-order chi connectivity index (χ0) is 23.5. The molecule has 4 rings (SSSR count). The van der Waals surface area contributed by atoms with E-state index in [0.29, 0.717) is 45.6 Å².